The third kappa shape index (κ3) is 3.57. The Morgan fingerprint density at radius 1 is 1.08 bits per heavy atom. The third-order valence-electron chi connectivity index (χ3n) is 4.98. The van der Waals surface area contributed by atoms with Gasteiger partial charge in [-0.1, -0.05) is 30.3 Å². The summed E-state index contributed by atoms with van der Waals surface area (Å²) in [6.45, 7) is 4.00. The summed E-state index contributed by atoms with van der Waals surface area (Å²) < 4.78 is 0. The van der Waals surface area contributed by atoms with Crippen LogP contribution in [0, 0.1) is 0 Å². The van der Waals surface area contributed by atoms with Crippen molar-refractivity contribution in [1.29, 1.82) is 0 Å². The molecule has 3 heterocycles. The number of nitrogens with one attached hydrogen (secondary N) is 1. The van der Waals surface area contributed by atoms with E-state index in [2.05, 4.69) is 32.1 Å². The summed E-state index contributed by atoms with van der Waals surface area (Å²) in [6, 6.07) is 12.0. The quantitative estimate of drug-likeness (QED) is 0.851. The van der Waals surface area contributed by atoms with E-state index in [0.29, 0.717) is 6.54 Å². The number of rotatable bonds is 4. The summed E-state index contributed by atoms with van der Waals surface area (Å²) in [5, 5.41) is 6.00. The van der Waals surface area contributed by atoms with Crippen molar-refractivity contribution in [2.45, 2.75) is 12.5 Å². The number of nitrogens with zero attached hydrogens (tertiary/aromatic N) is 5. The van der Waals surface area contributed by atoms with E-state index in [1.807, 2.05) is 30.5 Å². The number of carbonyl (C=O) groups excluding carboxylic acids is 1. The standard InChI is InChI=1S/C19H22N6O/c26-18(25-17(7-10-22-25)16-5-2-1-3-6-16)15-23-11-13-24(14-12-23)19-20-8-4-9-21-19/h1-6,8-10,17H,7,11-15H2/p+1/t17-/m1/s1. The van der Waals surface area contributed by atoms with E-state index in [1.54, 1.807) is 17.4 Å². The van der Waals surface area contributed by atoms with E-state index < -0.39 is 0 Å². The maximum atomic E-state index is 12.8. The average Bonchev–Trinajstić information content (AvgIpc) is 3.20. The van der Waals surface area contributed by atoms with Gasteiger partial charge in [-0.15, -0.1) is 0 Å². The van der Waals surface area contributed by atoms with Crippen LogP contribution < -0.4 is 9.80 Å². The minimum atomic E-state index is 0.0297. The first-order valence-electron chi connectivity index (χ1n) is 9.06. The molecule has 0 aliphatic carbocycles. The molecule has 1 aromatic carbocycles. The molecule has 0 spiro atoms. The maximum absolute atomic E-state index is 12.8. The van der Waals surface area contributed by atoms with Crippen LogP contribution >= 0.6 is 0 Å². The topological polar surface area (TPSA) is 66.1 Å². The van der Waals surface area contributed by atoms with E-state index >= 15 is 0 Å². The first-order valence-corrected chi connectivity index (χ1v) is 9.06. The third-order valence-corrected chi connectivity index (χ3v) is 4.98. The number of hydrogen-bond donors (Lipinski definition) is 1. The van der Waals surface area contributed by atoms with Crippen molar-refractivity contribution in [3.8, 4) is 0 Å². The Balaban J connectivity index is 1.33. The van der Waals surface area contributed by atoms with Crippen LogP contribution in [0.1, 0.15) is 18.0 Å². The largest absolute Gasteiger partial charge is 0.330 e. The summed E-state index contributed by atoms with van der Waals surface area (Å²) >= 11 is 0. The molecule has 2 aliphatic rings. The molecule has 0 radical (unpaired) electrons. The molecular weight excluding hydrogens is 328 g/mol. The Hall–Kier alpha value is -2.80. The van der Waals surface area contributed by atoms with Crippen LogP contribution in [0.25, 0.3) is 0 Å². The number of anilines is 1. The number of benzene rings is 1. The second-order valence-electron chi connectivity index (χ2n) is 6.66. The number of hydrogen-bond acceptors (Lipinski definition) is 5. The van der Waals surface area contributed by atoms with Gasteiger partial charge in [-0.3, -0.25) is 4.79 Å². The maximum Gasteiger partial charge on any atom is 0.298 e. The van der Waals surface area contributed by atoms with E-state index in [1.165, 1.54) is 4.90 Å². The highest BCUT2D eigenvalue weighted by atomic mass is 16.2. The van der Waals surface area contributed by atoms with Crippen molar-refractivity contribution < 1.29 is 9.69 Å². The molecule has 1 aromatic heterocycles. The van der Waals surface area contributed by atoms with Crippen molar-refractivity contribution in [3.63, 3.8) is 0 Å². The first kappa shape index (κ1) is 16.7. The molecule has 2 aliphatic heterocycles. The minimum absolute atomic E-state index is 0.0297. The van der Waals surface area contributed by atoms with Gasteiger partial charge in [0, 0.05) is 25.0 Å². The van der Waals surface area contributed by atoms with Crippen molar-refractivity contribution in [2.75, 3.05) is 37.6 Å². The summed E-state index contributed by atoms with van der Waals surface area (Å²) in [5.74, 6) is 0.859. The second kappa shape index (κ2) is 7.61. The summed E-state index contributed by atoms with van der Waals surface area (Å²) in [7, 11) is 0. The summed E-state index contributed by atoms with van der Waals surface area (Å²) in [5.41, 5.74) is 1.14. The number of hydrazone groups is 1. The number of quaternary nitrogens is 1. The van der Waals surface area contributed by atoms with Crippen LogP contribution in [0.4, 0.5) is 5.95 Å². The Kier molecular flexibility index (Phi) is 4.88. The van der Waals surface area contributed by atoms with E-state index in [0.717, 1.165) is 44.1 Å². The highest BCUT2D eigenvalue weighted by Crippen LogP contribution is 2.27. The SMILES string of the molecule is O=C(C[NH+]1CCN(c2ncccn2)CC1)N1N=CC[C@@H]1c1ccccc1. The van der Waals surface area contributed by atoms with Gasteiger partial charge in [-0.05, 0) is 11.6 Å². The van der Waals surface area contributed by atoms with Crippen LogP contribution in [-0.4, -0.2) is 59.8 Å². The number of aromatic nitrogens is 2. The van der Waals surface area contributed by atoms with Crippen LogP contribution in [0.3, 0.4) is 0 Å². The van der Waals surface area contributed by atoms with Gasteiger partial charge in [0.2, 0.25) is 5.95 Å². The highest BCUT2D eigenvalue weighted by molar-refractivity contribution is 5.80. The lowest BCUT2D eigenvalue weighted by atomic mass is 10.0. The van der Waals surface area contributed by atoms with E-state index in [9.17, 15) is 4.79 Å². The van der Waals surface area contributed by atoms with Gasteiger partial charge in [-0.2, -0.15) is 5.10 Å². The van der Waals surface area contributed by atoms with Crippen molar-refractivity contribution >= 4 is 18.1 Å². The van der Waals surface area contributed by atoms with E-state index in [-0.39, 0.29) is 11.9 Å². The van der Waals surface area contributed by atoms with Gasteiger partial charge in [0.15, 0.2) is 6.54 Å². The normalized spacial score (nSPS) is 20.5. The number of piperazine rings is 1. The fraction of sp³-hybridized carbons (Fsp3) is 0.368. The Bertz CT molecular complexity index is 758. The number of carbonyl (C=O) groups is 1. The lowest BCUT2D eigenvalue weighted by Crippen LogP contribution is -3.15. The molecule has 26 heavy (non-hydrogen) atoms. The van der Waals surface area contributed by atoms with E-state index in [4.69, 9.17) is 0 Å². The lowest BCUT2D eigenvalue weighted by Gasteiger charge is -2.32. The molecule has 1 N–H and O–H groups in total. The van der Waals surface area contributed by atoms with Gasteiger partial charge in [0.1, 0.15) is 0 Å². The van der Waals surface area contributed by atoms with Crippen molar-refractivity contribution in [1.82, 2.24) is 15.0 Å². The van der Waals surface area contributed by atoms with Gasteiger partial charge < -0.3 is 9.80 Å². The molecule has 0 unspecified atom stereocenters. The first-order chi connectivity index (χ1) is 12.8. The Morgan fingerprint density at radius 2 is 1.81 bits per heavy atom. The number of amides is 1. The molecule has 1 amide bonds. The zero-order valence-electron chi connectivity index (χ0n) is 14.7. The second-order valence-corrected chi connectivity index (χ2v) is 6.66. The predicted molar refractivity (Wildman–Crippen MR) is 98.9 cm³/mol. The summed E-state index contributed by atoms with van der Waals surface area (Å²) in [6.07, 6.45) is 6.15. The molecule has 7 heteroatoms. The highest BCUT2D eigenvalue weighted by Gasteiger charge is 2.31. The molecular formula is C19H23N6O+. The molecule has 0 bridgehead atoms. The molecule has 1 fully saturated rings. The fourth-order valence-electron chi connectivity index (χ4n) is 3.56. The Morgan fingerprint density at radius 3 is 2.54 bits per heavy atom. The van der Waals surface area contributed by atoms with Crippen LogP contribution in [-0.2, 0) is 4.79 Å². The average molecular weight is 351 g/mol. The molecule has 0 saturated carbocycles. The zero-order valence-corrected chi connectivity index (χ0v) is 14.7. The molecule has 1 atom stereocenters. The van der Waals surface area contributed by atoms with Crippen molar-refractivity contribution in [3.05, 3.63) is 54.4 Å². The summed E-state index contributed by atoms with van der Waals surface area (Å²) in [4.78, 5) is 24.9. The lowest BCUT2D eigenvalue weighted by molar-refractivity contribution is -0.892. The fourth-order valence-corrected chi connectivity index (χ4v) is 3.56. The van der Waals surface area contributed by atoms with Crippen LogP contribution in [0.15, 0.2) is 53.9 Å². The molecule has 4 rings (SSSR count). The minimum Gasteiger partial charge on any atom is -0.330 e. The Labute approximate surface area is 153 Å². The van der Waals surface area contributed by atoms with Gasteiger partial charge in [-0.25, -0.2) is 15.0 Å². The van der Waals surface area contributed by atoms with Crippen molar-refractivity contribution in [2.24, 2.45) is 5.10 Å². The molecule has 134 valence electrons. The smallest absolute Gasteiger partial charge is 0.298 e. The molecule has 2 aromatic rings. The van der Waals surface area contributed by atoms with Gasteiger partial charge in [0.05, 0.1) is 32.2 Å². The van der Waals surface area contributed by atoms with Gasteiger partial charge >= 0.3 is 0 Å². The molecule has 7 nitrogen and oxygen atoms in total. The zero-order chi connectivity index (χ0) is 17.8. The monoisotopic (exact) mass is 351 g/mol. The predicted octanol–water partition coefficient (Wildman–Crippen LogP) is 0.141. The molecule has 1 saturated heterocycles. The van der Waals surface area contributed by atoms with Gasteiger partial charge in [0.25, 0.3) is 5.91 Å². The van der Waals surface area contributed by atoms with Crippen LogP contribution in [0.2, 0.25) is 0 Å². The van der Waals surface area contributed by atoms with Crippen LogP contribution in [0.5, 0.6) is 0 Å².